The van der Waals surface area contributed by atoms with Crippen LogP contribution in [0, 0.1) is 6.92 Å². The number of hydrogen-bond donors (Lipinski definition) is 0. The summed E-state index contributed by atoms with van der Waals surface area (Å²) in [5.74, 6) is 1.04. The summed E-state index contributed by atoms with van der Waals surface area (Å²) in [7, 11) is 2.64. The van der Waals surface area contributed by atoms with Crippen molar-refractivity contribution in [1.29, 1.82) is 0 Å². The van der Waals surface area contributed by atoms with Crippen LogP contribution in [0.3, 0.4) is 0 Å². The van der Waals surface area contributed by atoms with Gasteiger partial charge >= 0.3 is 0 Å². The Hall–Kier alpha value is -3.52. The number of carbonyl (C=O) groups excluding carboxylic acids is 1. The van der Waals surface area contributed by atoms with Gasteiger partial charge in [0.1, 0.15) is 0 Å². The molecule has 0 N–H and O–H groups in total. The van der Waals surface area contributed by atoms with E-state index in [-0.39, 0.29) is 10.8 Å². The second-order valence-corrected chi connectivity index (χ2v) is 9.65. The topological polar surface area (TPSA) is 76.2 Å². The maximum Gasteiger partial charge on any atom is 0.264 e. The Labute approximate surface area is 195 Å². The standard InChI is InChI=1S/C25H28N2O5S/c1-18-6-13-22(14-7-18)33(29,30)27(3)21-11-9-20(10-12-21)25(28)26(2)17-19-8-15-23(31-4)24(16-19)32-5/h6-16H,17H2,1-5H3. The van der Waals surface area contributed by atoms with Crippen molar-refractivity contribution in [3.63, 3.8) is 0 Å². The largest absolute Gasteiger partial charge is 0.493 e. The van der Waals surface area contributed by atoms with Gasteiger partial charge in [0.2, 0.25) is 0 Å². The number of methoxy groups -OCH3 is 2. The van der Waals surface area contributed by atoms with E-state index in [0.29, 0.717) is 29.3 Å². The monoisotopic (exact) mass is 468 g/mol. The van der Waals surface area contributed by atoms with Crippen LogP contribution in [0.1, 0.15) is 21.5 Å². The predicted octanol–water partition coefficient (Wildman–Crippen LogP) is 4.11. The molecule has 8 heteroatoms. The molecule has 0 aromatic heterocycles. The van der Waals surface area contributed by atoms with E-state index in [1.165, 1.54) is 11.4 Å². The van der Waals surface area contributed by atoms with Crippen molar-refractivity contribution in [2.45, 2.75) is 18.4 Å². The molecule has 0 aliphatic heterocycles. The first kappa shape index (κ1) is 24.1. The number of nitrogens with zero attached hydrogens (tertiary/aromatic N) is 2. The van der Waals surface area contributed by atoms with Crippen LogP contribution < -0.4 is 13.8 Å². The molecule has 0 radical (unpaired) electrons. The molecule has 0 unspecified atom stereocenters. The molecule has 3 rings (SSSR count). The van der Waals surface area contributed by atoms with Gasteiger partial charge in [0.15, 0.2) is 11.5 Å². The summed E-state index contributed by atoms with van der Waals surface area (Å²) in [6.07, 6.45) is 0. The molecule has 0 saturated carbocycles. The molecule has 1 amide bonds. The lowest BCUT2D eigenvalue weighted by Gasteiger charge is -2.21. The first-order valence-electron chi connectivity index (χ1n) is 10.3. The lowest BCUT2D eigenvalue weighted by atomic mass is 10.1. The summed E-state index contributed by atoms with van der Waals surface area (Å²) < 4.78 is 37.6. The highest BCUT2D eigenvalue weighted by atomic mass is 32.2. The number of rotatable bonds is 8. The van der Waals surface area contributed by atoms with Gasteiger partial charge in [-0.15, -0.1) is 0 Å². The Morgan fingerprint density at radius 3 is 2.03 bits per heavy atom. The first-order chi connectivity index (χ1) is 15.7. The van der Waals surface area contributed by atoms with E-state index >= 15 is 0 Å². The lowest BCUT2D eigenvalue weighted by molar-refractivity contribution is 0.0785. The highest BCUT2D eigenvalue weighted by Gasteiger charge is 2.22. The molecular weight excluding hydrogens is 440 g/mol. The number of ether oxygens (including phenoxy) is 2. The van der Waals surface area contributed by atoms with Crippen molar-refractivity contribution in [1.82, 2.24) is 4.90 Å². The summed E-state index contributed by atoms with van der Waals surface area (Å²) in [4.78, 5) is 14.7. The Bertz CT molecular complexity index is 1220. The maximum absolute atomic E-state index is 12.9. The number of hydrogen-bond acceptors (Lipinski definition) is 5. The van der Waals surface area contributed by atoms with Gasteiger partial charge in [-0.05, 0) is 61.0 Å². The predicted molar refractivity (Wildman–Crippen MR) is 129 cm³/mol. The van der Waals surface area contributed by atoms with E-state index in [1.807, 2.05) is 19.1 Å². The molecule has 0 heterocycles. The average Bonchev–Trinajstić information content (AvgIpc) is 2.83. The molecule has 0 fully saturated rings. The van der Waals surface area contributed by atoms with Gasteiger partial charge in [0, 0.05) is 26.2 Å². The quantitative estimate of drug-likeness (QED) is 0.497. The second-order valence-electron chi connectivity index (χ2n) is 7.68. The highest BCUT2D eigenvalue weighted by molar-refractivity contribution is 7.92. The maximum atomic E-state index is 12.9. The minimum absolute atomic E-state index is 0.180. The number of anilines is 1. The Kier molecular flexibility index (Phi) is 7.28. The molecule has 0 saturated heterocycles. The lowest BCUT2D eigenvalue weighted by Crippen LogP contribution is -2.27. The van der Waals surface area contributed by atoms with Gasteiger partial charge < -0.3 is 14.4 Å². The van der Waals surface area contributed by atoms with Crippen LogP contribution in [-0.2, 0) is 16.6 Å². The number of carbonyl (C=O) groups is 1. The zero-order valence-corrected chi connectivity index (χ0v) is 20.2. The van der Waals surface area contributed by atoms with Gasteiger partial charge in [0.25, 0.3) is 15.9 Å². The fourth-order valence-electron chi connectivity index (χ4n) is 3.37. The zero-order valence-electron chi connectivity index (χ0n) is 19.4. The molecule has 174 valence electrons. The minimum Gasteiger partial charge on any atom is -0.493 e. The van der Waals surface area contributed by atoms with Crippen LogP contribution in [0.4, 0.5) is 5.69 Å². The molecule has 0 atom stereocenters. The fraction of sp³-hybridized carbons (Fsp3) is 0.240. The Morgan fingerprint density at radius 1 is 0.848 bits per heavy atom. The van der Waals surface area contributed by atoms with E-state index in [4.69, 9.17) is 9.47 Å². The van der Waals surface area contributed by atoms with Crippen molar-refractivity contribution in [3.05, 3.63) is 83.4 Å². The summed E-state index contributed by atoms with van der Waals surface area (Å²) >= 11 is 0. The van der Waals surface area contributed by atoms with E-state index in [1.54, 1.807) is 80.8 Å². The first-order valence-corrected chi connectivity index (χ1v) is 11.7. The SMILES string of the molecule is COc1ccc(CN(C)C(=O)c2ccc(N(C)S(=O)(=O)c3ccc(C)cc3)cc2)cc1OC. The van der Waals surface area contributed by atoms with Crippen molar-refractivity contribution in [2.75, 3.05) is 32.6 Å². The van der Waals surface area contributed by atoms with Gasteiger partial charge in [0.05, 0.1) is 24.8 Å². The molecule has 0 bridgehead atoms. The molecule has 3 aromatic rings. The van der Waals surface area contributed by atoms with Crippen LogP contribution in [0.5, 0.6) is 11.5 Å². The third-order valence-electron chi connectivity index (χ3n) is 5.37. The van der Waals surface area contributed by atoms with E-state index < -0.39 is 10.0 Å². The Balaban J connectivity index is 1.73. The van der Waals surface area contributed by atoms with Gasteiger partial charge in [-0.1, -0.05) is 23.8 Å². The zero-order chi connectivity index (χ0) is 24.2. The molecule has 3 aromatic carbocycles. The van der Waals surface area contributed by atoms with E-state index in [2.05, 4.69) is 0 Å². The summed E-state index contributed by atoms with van der Waals surface area (Å²) in [5, 5.41) is 0. The van der Waals surface area contributed by atoms with Crippen LogP contribution in [0.15, 0.2) is 71.6 Å². The van der Waals surface area contributed by atoms with Gasteiger partial charge in [-0.2, -0.15) is 0 Å². The third kappa shape index (κ3) is 5.28. The highest BCUT2D eigenvalue weighted by Crippen LogP contribution is 2.28. The number of aryl methyl sites for hydroxylation is 1. The number of benzene rings is 3. The van der Waals surface area contributed by atoms with Crippen molar-refractivity contribution < 1.29 is 22.7 Å². The van der Waals surface area contributed by atoms with Gasteiger partial charge in [-0.25, -0.2) is 8.42 Å². The molecule has 0 spiro atoms. The van der Waals surface area contributed by atoms with Gasteiger partial charge in [-0.3, -0.25) is 9.10 Å². The molecule has 33 heavy (non-hydrogen) atoms. The third-order valence-corrected chi connectivity index (χ3v) is 7.17. The van der Waals surface area contributed by atoms with E-state index in [0.717, 1.165) is 11.1 Å². The van der Waals surface area contributed by atoms with Crippen molar-refractivity contribution in [3.8, 4) is 11.5 Å². The molecule has 7 nitrogen and oxygen atoms in total. The smallest absolute Gasteiger partial charge is 0.264 e. The summed E-state index contributed by atoms with van der Waals surface area (Å²) in [6.45, 7) is 2.28. The molecule has 0 aliphatic rings. The summed E-state index contributed by atoms with van der Waals surface area (Å²) in [6, 6.07) is 18.7. The minimum atomic E-state index is -3.70. The Morgan fingerprint density at radius 2 is 1.45 bits per heavy atom. The van der Waals surface area contributed by atoms with Crippen molar-refractivity contribution in [2.24, 2.45) is 0 Å². The van der Waals surface area contributed by atoms with Crippen molar-refractivity contribution >= 4 is 21.6 Å². The van der Waals surface area contributed by atoms with Crippen LogP contribution in [0.25, 0.3) is 0 Å². The van der Waals surface area contributed by atoms with Crippen LogP contribution >= 0.6 is 0 Å². The average molecular weight is 469 g/mol. The number of sulfonamides is 1. The number of amides is 1. The summed E-state index contributed by atoms with van der Waals surface area (Å²) in [5.41, 5.74) is 2.80. The fourth-order valence-corrected chi connectivity index (χ4v) is 4.56. The normalized spacial score (nSPS) is 11.1. The molecular formula is C25H28N2O5S. The second kappa shape index (κ2) is 9.95. The van der Waals surface area contributed by atoms with E-state index in [9.17, 15) is 13.2 Å². The van der Waals surface area contributed by atoms with Crippen LogP contribution in [-0.4, -0.2) is 47.5 Å². The molecule has 0 aliphatic carbocycles. The van der Waals surface area contributed by atoms with Crippen LogP contribution in [0.2, 0.25) is 0 Å².